The Morgan fingerprint density at radius 3 is 2.74 bits per heavy atom. The fourth-order valence-electron chi connectivity index (χ4n) is 2.84. The summed E-state index contributed by atoms with van der Waals surface area (Å²) in [5.41, 5.74) is 0.0648. The summed E-state index contributed by atoms with van der Waals surface area (Å²) in [6.07, 6.45) is 1.22. The number of esters is 1. The summed E-state index contributed by atoms with van der Waals surface area (Å²) < 4.78 is 39.5. The number of aliphatic hydroxyl groups is 1. The van der Waals surface area contributed by atoms with E-state index in [-0.39, 0.29) is 18.8 Å². The number of alkyl halides is 2. The monoisotopic (exact) mass is 379 g/mol. The lowest BCUT2D eigenvalue weighted by molar-refractivity contribution is -0.142. The Labute approximate surface area is 154 Å². The van der Waals surface area contributed by atoms with Crippen LogP contribution in [-0.4, -0.2) is 53.5 Å². The van der Waals surface area contributed by atoms with Gasteiger partial charge in [0.2, 0.25) is 5.88 Å². The standard InChI is InChI=1S/C18H19F2N3O4/c1-26-17(25)14-9-11(10-21-14)27-16-15(18(19,20)7-4-8-24)22-12-5-2-3-6-13(12)23-16/h2-7,11,14,21,24H,8-10H2,1H3/b7-4+/t11-,14+/m1/s1. The maximum absolute atomic E-state index is 14.6. The highest BCUT2D eigenvalue weighted by Crippen LogP contribution is 2.35. The van der Waals surface area contributed by atoms with Crippen molar-refractivity contribution in [2.75, 3.05) is 20.3 Å². The summed E-state index contributed by atoms with van der Waals surface area (Å²) in [7, 11) is 1.28. The van der Waals surface area contributed by atoms with Gasteiger partial charge in [0.25, 0.3) is 0 Å². The van der Waals surface area contributed by atoms with E-state index in [0.717, 1.165) is 6.08 Å². The SMILES string of the molecule is COC(=O)[C@@H]1C[C@@H](Oc2nc3ccccc3nc2C(F)(F)/C=C/CO)CN1. The largest absolute Gasteiger partial charge is 0.471 e. The number of hydrogen-bond acceptors (Lipinski definition) is 7. The lowest BCUT2D eigenvalue weighted by Gasteiger charge is -2.19. The molecule has 0 radical (unpaired) electrons. The number of rotatable bonds is 6. The van der Waals surface area contributed by atoms with Crippen LogP contribution in [-0.2, 0) is 15.5 Å². The number of halogens is 2. The zero-order valence-corrected chi connectivity index (χ0v) is 14.6. The van der Waals surface area contributed by atoms with Crippen molar-refractivity contribution in [1.29, 1.82) is 0 Å². The summed E-state index contributed by atoms with van der Waals surface area (Å²) in [5, 5.41) is 11.7. The Kier molecular flexibility index (Phi) is 5.62. The molecule has 2 atom stereocenters. The molecule has 1 fully saturated rings. The summed E-state index contributed by atoms with van der Waals surface area (Å²) in [6.45, 7) is -0.244. The third-order valence-electron chi connectivity index (χ3n) is 4.14. The number of para-hydroxylation sites is 2. The maximum atomic E-state index is 14.6. The Bertz CT molecular complexity index is 860. The number of hydrogen-bond donors (Lipinski definition) is 2. The van der Waals surface area contributed by atoms with Gasteiger partial charge in [0.15, 0.2) is 5.69 Å². The van der Waals surface area contributed by atoms with Crippen LogP contribution in [0.1, 0.15) is 12.1 Å². The van der Waals surface area contributed by atoms with Crippen LogP contribution in [0.25, 0.3) is 11.0 Å². The highest BCUT2D eigenvalue weighted by molar-refractivity contribution is 5.76. The minimum Gasteiger partial charge on any atom is -0.471 e. The molecule has 0 spiro atoms. The van der Waals surface area contributed by atoms with Gasteiger partial charge in [-0.05, 0) is 18.2 Å². The summed E-state index contributed by atoms with van der Waals surface area (Å²) in [4.78, 5) is 19.8. The number of nitrogens with zero attached hydrogens (tertiary/aromatic N) is 2. The number of carbonyl (C=O) groups is 1. The molecular weight excluding hydrogens is 360 g/mol. The third-order valence-corrected chi connectivity index (χ3v) is 4.14. The van der Waals surface area contributed by atoms with E-state index in [0.29, 0.717) is 17.1 Å². The summed E-state index contributed by atoms with van der Waals surface area (Å²) in [5.74, 6) is -4.23. The predicted octanol–water partition coefficient (Wildman–Crippen LogP) is 1.55. The molecule has 3 rings (SSSR count). The fraction of sp³-hybridized carbons (Fsp3) is 0.389. The highest BCUT2D eigenvalue weighted by Gasteiger charge is 2.38. The van der Waals surface area contributed by atoms with Crippen LogP contribution >= 0.6 is 0 Å². The Morgan fingerprint density at radius 2 is 2.07 bits per heavy atom. The number of benzene rings is 1. The number of nitrogens with one attached hydrogen (secondary N) is 1. The molecule has 0 saturated carbocycles. The quantitative estimate of drug-likeness (QED) is 0.581. The smallest absolute Gasteiger partial charge is 0.323 e. The van der Waals surface area contributed by atoms with Crippen LogP contribution in [0.3, 0.4) is 0 Å². The van der Waals surface area contributed by atoms with Gasteiger partial charge in [-0.1, -0.05) is 18.2 Å². The minimum absolute atomic E-state index is 0.263. The molecule has 0 amide bonds. The normalized spacial score (nSPS) is 20.3. The first-order valence-electron chi connectivity index (χ1n) is 8.36. The molecule has 144 valence electrons. The molecule has 27 heavy (non-hydrogen) atoms. The molecule has 0 bridgehead atoms. The van der Waals surface area contributed by atoms with E-state index in [1.165, 1.54) is 7.11 Å². The zero-order valence-electron chi connectivity index (χ0n) is 14.6. The Morgan fingerprint density at radius 1 is 1.37 bits per heavy atom. The molecule has 7 nitrogen and oxygen atoms in total. The molecule has 1 saturated heterocycles. The second-order valence-electron chi connectivity index (χ2n) is 6.03. The number of fused-ring (bicyclic) bond motifs is 1. The average molecular weight is 379 g/mol. The van der Waals surface area contributed by atoms with E-state index in [2.05, 4.69) is 20.0 Å². The Hall–Kier alpha value is -2.65. The van der Waals surface area contributed by atoms with E-state index in [1.54, 1.807) is 24.3 Å². The number of ether oxygens (including phenoxy) is 2. The van der Waals surface area contributed by atoms with E-state index in [1.807, 2.05) is 0 Å². The maximum Gasteiger partial charge on any atom is 0.323 e. The van der Waals surface area contributed by atoms with Crippen molar-refractivity contribution in [3.05, 3.63) is 42.1 Å². The van der Waals surface area contributed by atoms with Gasteiger partial charge in [0.05, 0.1) is 24.8 Å². The van der Waals surface area contributed by atoms with Crippen LogP contribution in [0, 0.1) is 0 Å². The van der Waals surface area contributed by atoms with Crippen molar-refractivity contribution in [2.45, 2.75) is 24.5 Å². The van der Waals surface area contributed by atoms with Crippen LogP contribution in [0.5, 0.6) is 5.88 Å². The van der Waals surface area contributed by atoms with Crippen molar-refractivity contribution in [3.63, 3.8) is 0 Å². The Balaban J connectivity index is 1.94. The second kappa shape index (κ2) is 7.93. The molecule has 9 heteroatoms. The van der Waals surface area contributed by atoms with Crippen molar-refractivity contribution < 1.29 is 28.2 Å². The van der Waals surface area contributed by atoms with Gasteiger partial charge < -0.3 is 19.9 Å². The van der Waals surface area contributed by atoms with Gasteiger partial charge in [0.1, 0.15) is 12.1 Å². The molecule has 2 heterocycles. The lowest BCUT2D eigenvalue weighted by atomic mass is 10.2. The molecule has 2 N–H and O–H groups in total. The highest BCUT2D eigenvalue weighted by atomic mass is 19.3. The minimum atomic E-state index is -3.48. The van der Waals surface area contributed by atoms with Crippen molar-refractivity contribution in [1.82, 2.24) is 15.3 Å². The lowest BCUT2D eigenvalue weighted by Crippen LogP contribution is -2.31. The van der Waals surface area contributed by atoms with E-state index < -0.39 is 36.3 Å². The van der Waals surface area contributed by atoms with Gasteiger partial charge in [-0.3, -0.25) is 4.79 Å². The first kappa shape index (κ1) is 19.1. The van der Waals surface area contributed by atoms with E-state index in [4.69, 9.17) is 9.84 Å². The first-order valence-corrected chi connectivity index (χ1v) is 8.36. The van der Waals surface area contributed by atoms with Crippen molar-refractivity contribution in [2.24, 2.45) is 0 Å². The van der Waals surface area contributed by atoms with Crippen LogP contribution in [0.4, 0.5) is 8.78 Å². The molecule has 1 aliphatic heterocycles. The second-order valence-corrected chi connectivity index (χ2v) is 6.03. The zero-order chi connectivity index (χ0) is 19.4. The van der Waals surface area contributed by atoms with Crippen LogP contribution < -0.4 is 10.1 Å². The molecular formula is C18H19F2N3O4. The molecule has 0 unspecified atom stereocenters. The summed E-state index contributed by atoms with van der Waals surface area (Å²) in [6, 6.07) is 6.04. The van der Waals surface area contributed by atoms with Gasteiger partial charge in [0, 0.05) is 13.0 Å². The van der Waals surface area contributed by atoms with Crippen LogP contribution in [0.15, 0.2) is 36.4 Å². The third kappa shape index (κ3) is 4.20. The topological polar surface area (TPSA) is 93.6 Å². The number of allylic oxidation sites excluding steroid dienone is 1. The number of carbonyl (C=O) groups excluding carboxylic acids is 1. The van der Waals surface area contributed by atoms with E-state index >= 15 is 0 Å². The molecule has 1 aromatic heterocycles. The van der Waals surface area contributed by atoms with Crippen molar-refractivity contribution in [3.8, 4) is 5.88 Å². The van der Waals surface area contributed by atoms with Gasteiger partial charge in [-0.15, -0.1) is 0 Å². The van der Waals surface area contributed by atoms with Gasteiger partial charge >= 0.3 is 11.9 Å². The average Bonchev–Trinajstić information content (AvgIpc) is 3.13. The number of aromatic nitrogens is 2. The molecule has 1 aromatic carbocycles. The van der Waals surface area contributed by atoms with Crippen LogP contribution in [0.2, 0.25) is 0 Å². The van der Waals surface area contributed by atoms with E-state index in [9.17, 15) is 13.6 Å². The van der Waals surface area contributed by atoms with Gasteiger partial charge in [-0.2, -0.15) is 8.78 Å². The fourth-order valence-corrected chi connectivity index (χ4v) is 2.84. The molecule has 1 aliphatic rings. The van der Waals surface area contributed by atoms with Crippen molar-refractivity contribution >= 4 is 17.0 Å². The first-order chi connectivity index (χ1) is 12.9. The number of methoxy groups -OCH3 is 1. The predicted molar refractivity (Wildman–Crippen MR) is 92.5 cm³/mol. The molecule has 2 aromatic rings. The number of aliphatic hydroxyl groups excluding tert-OH is 1. The van der Waals surface area contributed by atoms with Gasteiger partial charge in [-0.25, -0.2) is 9.97 Å². The molecule has 0 aliphatic carbocycles. The summed E-state index contributed by atoms with van der Waals surface area (Å²) >= 11 is 0.